The highest BCUT2D eigenvalue weighted by Crippen LogP contribution is 2.29. The maximum atomic E-state index is 5.85. The van der Waals surface area contributed by atoms with Crippen molar-refractivity contribution in [2.24, 2.45) is 5.92 Å². The van der Waals surface area contributed by atoms with Gasteiger partial charge in [-0.3, -0.25) is 0 Å². The molecule has 0 aromatic carbocycles. The standard InChI is InChI=1S/C15H23N5/c1-2-3-11-4-6-12(7-5-11)18-14-15-17-8-9-20(15)10-13(16)19-14/h8-12H,2-7,16H2,1H3,(H,18,19). The van der Waals surface area contributed by atoms with Crippen molar-refractivity contribution in [3.05, 3.63) is 18.6 Å². The van der Waals surface area contributed by atoms with E-state index in [-0.39, 0.29) is 0 Å². The number of rotatable bonds is 4. The Morgan fingerprint density at radius 1 is 1.35 bits per heavy atom. The van der Waals surface area contributed by atoms with E-state index in [4.69, 9.17) is 5.73 Å². The van der Waals surface area contributed by atoms with Crippen molar-refractivity contribution in [3.8, 4) is 0 Å². The molecule has 1 saturated carbocycles. The van der Waals surface area contributed by atoms with Crippen LogP contribution in [0.25, 0.3) is 5.65 Å². The number of aromatic nitrogens is 3. The third-order valence-corrected chi connectivity index (χ3v) is 4.28. The normalized spacial score (nSPS) is 23.1. The van der Waals surface area contributed by atoms with E-state index in [1.54, 1.807) is 12.4 Å². The number of hydrogen-bond donors (Lipinski definition) is 2. The largest absolute Gasteiger partial charge is 0.382 e. The van der Waals surface area contributed by atoms with Crippen LogP contribution in [0, 0.1) is 5.92 Å². The predicted octanol–water partition coefficient (Wildman–Crippen LogP) is 3.08. The molecule has 0 saturated heterocycles. The smallest absolute Gasteiger partial charge is 0.180 e. The van der Waals surface area contributed by atoms with Crippen molar-refractivity contribution in [2.75, 3.05) is 11.1 Å². The monoisotopic (exact) mass is 273 g/mol. The predicted molar refractivity (Wildman–Crippen MR) is 81.7 cm³/mol. The average Bonchev–Trinajstić information content (AvgIpc) is 2.89. The molecule has 0 unspecified atom stereocenters. The summed E-state index contributed by atoms with van der Waals surface area (Å²) in [5, 5.41) is 3.54. The molecule has 0 aliphatic heterocycles. The molecule has 2 aromatic rings. The molecule has 108 valence electrons. The summed E-state index contributed by atoms with van der Waals surface area (Å²) in [6.07, 6.45) is 13.2. The Balaban J connectivity index is 1.69. The highest BCUT2D eigenvalue weighted by Gasteiger charge is 2.21. The third-order valence-electron chi connectivity index (χ3n) is 4.28. The van der Waals surface area contributed by atoms with E-state index in [1.165, 1.54) is 38.5 Å². The first kappa shape index (κ1) is 13.2. The van der Waals surface area contributed by atoms with Gasteiger partial charge in [0.2, 0.25) is 0 Å². The zero-order valence-electron chi connectivity index (χ0n) is 12.0. The van der Waals surface area contributed by atoms with Gasteiger partial charge in [-0.15, -0.1) is 0 Å². The molecule has 0 atom stereocenters. The van der Waals surface area contributed by atoms with Gasteiger partial charge in [0.25, 0.3) is 0 Å². The molecule has 1 aliphatic carbocycles. The van der Waals surface area contributed by atoms with Crippen molar-refractivity contribution >= 4 is 17.3 Å². The lowest BCUT2D eigenvalue weighted by Gasteiger charge is -2.29. The Kier molecular flexibility index (Phi) is 3.76. The molecule has 20 heavy (non-hydrogen) atoms. The van der Waals surface area contributed by atoms with E-state index in [0.29, 0.717) is 11.9 Å². The Labute approximate surface area is 119 Å². The van der Waals surface area contributed by atoms with Crippen molar-refractivity contribution in [1.29, 1.82) is 0 Å². The fourth-order valence-corrected chi connectivity index (χ4v) is 3.24. The molecule has 1 fully saturated rings. The number of nitrogens with zero attached hydrogens (tertiary/aromatic N) is 3. The van der Waals surface area contributed by atoms with Crippen LogP contribution in [0.4, 0.5) is 11.6 Å². The molecule has 5 nitrogen and oxygen atoms in total. The SMILES string of the molecule is CCCC1CCC(Nc2nc(N)cn3ccnc23)CC1. The Morgan fingerprint density at radius 3 is 2.90 bits per heavy atom. The second kappa shape index (κ2) is 5.69. The number of anilines is 2. The van der Waals surface area contributed by atoms with Crippen LogP contribution >= 0.6 is 0 Å². The topological polar surface area (TPSA) is 68.2 Å². The fourth-order valence-electron chi connectivity index (χ4n) is 3.24. The minimum atomic E-state index is 0.498. The number of nitrogen functional groups attached to an aromatic ring is 1. The summed E-state index contributed by atoms with van der Waals surface area (Å²) in [6.45, 7) is 2.27. The summed E-state index contributed by atoms with van der Waals surface area (Å²) in [5.74, 6) is 2.25. The molecule has 5 heteroatoms. The Morgan fingerprint density at radius 2 is 2.15 bits per heavy atom. The van der Waals surface area contributed by atoms with Gasteiger partial charge in [0.1, 0.15) is 5.82 Å². The maximum absolute atomic E-state index is 5.85. The van der Waals surface area contributed by atoms with Crippen LogP contribution in [0.5, 0.6) is 0 Å². The van der Waals surface area contributed by atoms with Gasteiger partial charge in [-0.1, -0.05) is 19.8 Å². The molecule has 0 spiro atoms. The summed E-state index contributed by atoms with van der Waals surface area (Å²) in [6, 6.07) is 0.498. The molecule has 2 aromatic heterocycles. The molecule has 0 bridgehead atoms. The lowest BCUT2D eigenvalue weighted by atomic mass is 9.83. The van der Waals surface area contributed by atoms with Crippen LogP contribution in [0.15, 0.2) is 18.6 Å². The van der Waals surface area contributed by atoms with Crippen LogP contribution in [-0.2, 0) is 0 Å². The quantitative estimate of drug-likeness (QED) is 0.898. The highest BCUT2D eigenvalue weighted by atomic mass is 15.1. The zero-order valence-corrected chi connectivity index (χ0v) is 12.0. The number of nitrogens with one attached hydrogen (secondary N) is 1. The maximum Gasteiger partial charge on any atom is 0.180 e. The summed E-state index contributed by atoms with van der Waals surface area (Å²) in [4.78, 5) is 8.76. The average molecular weight is 273 g/mol. The zero-order chi connectivity index (χ0) is 13.9. The summed E-state index contributed by atoms with van der Waals surface area (Å²) in [5.41, 5.74) is 6.71. The number of hydrogen-bond acceptors (Lipinski definition) is 4. The Hall–Kier alpha value is -1.78. The Bertz CT molecular complexity index is 569. The van der Waals surface area contributed by atoms with Crippen LogP contribution < -0.4 is 11.1 Å². The molecule has 3 N–H and O–H groups in total. The van der Waals surface area contributed by atoms with E-state index in [2.05, 4.69) is 22.2 Å². The second-order valence-electron chi connectivity index (χ2n) is 5.82. The summed E-state index contributed by atoms with van der Waals surface area (Å²) in [7, 11) is 0. The second-order valence-corrected chi connectivity index (χ2v) is 5.82. The highest BCUT2D eigenvalue weighted by molar-refractivity contribution is 5.65. The van der Waals surface area contributed by atoms with E-state index >= 15 is 0 Å². The van der Waals surface area contributed by atoms with Gasteiger partial charge >= 0.3 is 0 Å². The van der Waals surface area contributed by atoms with Gasteiger partial charge in [0.15, 0.2) is 11.5 Å². The van der Waals surface area contributed by atoms with E-state index in [9.17, 15) is 0 Å². The molecular formula is C15H23N5. The lowest BCUT2D eigenvalue weighted by molar-refractivity contribution is 0.318. The van der Waals surface area contributed by atoms with Crippen LogP contribution in [0.3, 0.4) is 0 Å². The van der Waals surface area contributed by atoms with Crippen molar-refractivity contribution in [1.82, 2.24) is 14.4 Å². The van der Waals surface area contributed by atoms with E-state index in [0.717, 1.165) is 17.4 Å². The number of nitrogens with two attached hydrogens (primary N) is 1. The van der Waals surface area contributed by atoms with Crippen molar-refractivity contribution in [2.45, 2.75) is 51.5 Å². The van der Waals surface area contributed by atoms with E-state index in [1.807, 2.05) is 10.6 Å². The van der Waals surface area contributed by atoms with E-state index < -0.39 is 0 Å². The molecule has 1 aliphatic rings. The van der Waals surface area contributed by atoms with Gasteiger partial charge in [-0.2, -0.15) is 0 Å². The first-order chi connectivity index (χ1) is 9.76. The van der Waals surface area contributed by atoms with Gasteiger partial charge in [0, 0.05) is 18.4 Å². The number of imidazole rings is 1. The minimum absolute atomic E-state index is 0.498. The summed E-state index contributed by atoms with van der Waals surface area (Å²) >= 11 is 0. The third kappa shape index (κ3) is 2.71. The van der Waals surface area contributed by atoms with Gasteiger partial charge < -0.3 is 15.5 Å². The number of fused-ring (bicyclic) bond motifs is 1. The van der Waals surface area contributed by atoms with Crippen LogP contribution in [-0.4, -0.2) is 20.4 Å². The summed E-state index contributed by atoms with van der Waals surface area (Å²) < 4.78 is 1.92. The molecule has 2 heterocycles. The van der Waals surface area contributed by atoms with Gasteiger partial charge in [0.05, 0.1) is 6.20 Å². The molecule has 0 radical (unpaired) electrons. The van der Waals surface area contributed by atoms with Gasteiger partial charge in [-0.05, 0) is 31.6 Å². The van der Waals surface area contributed by atoms with Gasteiger partial charge in [-0.25, -0.2) is 9.97 Å². The first-order valence-electron chi connectivity index (χ1n) is 7.62. The molecule has 3 rings (SSSR count). The minimum Gasteiger partial charge on any atom is -0.382 e. The van der Waals surface area contributed by atoms with Crippen molar-refractivity contribution < 1.29 is 0 Å². The first-order valence-corrected chi connectivity index (χ1v) is 7.62. The molecular weight excluding hydrogens is 250 g/mol. The van der Waals surface area contributed by atoms with Crippen LogP contribution in [0.2, 0.25) is 0 Å². The lowest BCUT2D eigenvalue weighted by Crippen LogP contribution is -2.27. The van der Waals surface area contributed by atoms with Crippen LogP contribution in [0.1, 0.15) is 45.4 Å². The van der Waals surface area contributed by atoms with Crippen molar-refractivity contribution in [3.63, 3.8) is 0 Å². The molecule has 0 amide bonds. The fraction of sp³-hybridized carbons (Fsp3) is 0.600.